The van der Waals surface area contributed by atoms with Crippen LogP contribution >= 0.6 is 23.2 Å². The van der Waals surface area contributed by atoms with Crippen molar-refractivity contribution >= 4 is 53.0 Å². The summed E-state index contributed by atoms with van der Waals surface area (Å²) in [6.45, 7) is -0.401. The highest BCUT2D eigenvalue weighted by atomic mass is 35.5. The number of aliphatic carboxylic acids is 1. The number of carboxylic acid groups (broad SMARTS) is 1. The average Bonchev–Trinajstić information content (AvgIpc) is 2.72. The zero-order chi connectivity index (χ0) is 22.1. The number of nitrogens with one attached hydrogen (secondary N) is 3. The number of hydrazine groups is 1. The first-order chi connectivity index (χ1) is 14.3. The molecule has 1 atom stereocenters. The molecule has 2 rings (SSSR count). The standard InChI is InChI=1S/C19H19Cl2N5O4/c20-14-5-4-11(6-15(14)21)7-16(19(29)30)26-17(27)9-23-18(28)12-2-1-3-13(8-12)24-10-25-22/h1-6,8,10,16H,7,9,22H2,(H,23,28)(H,24,25)(H,26,27)(H,29,30). The van der Waals surface area contributed by atoms with Gasteiger partial charge in [-0.05, 0) is 35.9 Å². The SMILES string of the molecule is NNC=Nc1cccc(C(=O)NCC(=O)NC(Cc2ccc(Cl)c(Cl)c2)C(=O)O)c1. The average molecular weight is 452 g/mol. The summed E-state index contributed by atoms with van der Waals surface area (Å²) in [4.78, 5) is 39.8. The van der Waals surface area contributed by atoms with Crippen molar-refractivity contribution in [2.75, 3.05) is 6.54 Å². The zero-order valence-electron chi connectivity index (χ0n) is 15.6. The van der Waals surface area contributed by atoms with Crippen molar-refractivity contribution in [1.82, 2.24) is 16.1 Å². The first-order valence-electron chi connectivity index (χ1n) is 8.63. The molecule has 0 aliphatic rings. The van der Waals surface area contributed by atoms with Gasteiger partial charge in [0.05, 0.1) is 22.3 Å². The molecule has 30 heavy (non-hydrogen) atoms. The number of hydrogen-bond acceptors (Lipinski definition) is 5. The van der Waals surface area contributed by atoms with E-state index >= 15 is 0 Å². The van der Waals surface area contributed by atoms with Crippen molar-refractivity contribution < 1.29 is 19.5 Å². The van der Waals surface area contributed by atoms with E-state index in [9.17, 15) is 19.5 Å². The van der Waals surface area contributed by atoms with Crippen LogP contribution in [0.5, 0.6) is 0 Å². The minimum absolute atomic E-state index is 0.00113. The summed E-state index contributed by atoms with van der Waals surface area (Å²) in [6.07, 6.45) is 1.26. The number of hydrogen-bond donors (Lipinski definition) is 5. The molecule has 158 valence electrons. The lowest BCUT2D eigenvalue weighted by atomic mass is 10.1. The largest absolute Gasteiger partial charge is 0.480 e. The number of nitrogens with zero attached hydrogens (tertiary/aromatic N) is 1. The summed E-state index contributed by atoms with van der Waals surface area (Å²) >= 11 is 11.8. The molecule has 6 N–H and O–H groups in total. The molecule has 0 spiro atoms. The van der Waals surface area contributed by atoms with Gasteiger partial charge in [0.1, 0.15) is 12.4 Å². The molecule has 2 amide bonds. The van der Waals surface area contributed by atoms with Crippen LogP contribution in [0.3, 0.4) is 0 Å². The summed E-state index contributed by atoms with van der Waals surface area (Å²) < 4.78 is 0. The Morgan fingerprint density at radius 2 is 1.90 bits per heavy atom. The fourth-order valence-electron chi connectivity index (χ4n) is 2.45. The van der Waals surface area contributed by atoms with Crippen LogP contribution in [-0.4, -0.2) is 41.8 Å². The normalized spacial score (nSPS) is 11.7. The summed E-state index contributed by atoms with van der Waals surface area (Å²) in [5.41, 5.74) is 3.60. The van der Waals surface area contributed by atoms with Crippen molar-refractivity contribution in [3.05, 3.63) is 63.6 Å². The van der Waals surface area contributed by atoms with Gasteiger partial charge in [-0.1, -0.05) is 35.3 Å². The van der Waals surface area contributed by atoms with Gasteiger partial charge in [0.2, 0.25) is 5.91 Å². The van der Waals surface area contributed by atoms with Crippen LogP contribution in [0.15, 0.2) is 47.5 Å². The van der Waals surface area contributed by atoms with E-state index in [4.69, 9.17) is 29.0 Å². The first-order valence-corrected chi connectivity index (χ1v) is 9.38. The minimum Gasteiger partial charge on any atom is -0.480 e. The molecule has 9 nitrogen and oxygen atoms in total. The van der Waals surface area contributed by atoms with Crippen molar-refractivity contribution in [1.29, 1.82) is 0 Å². The maximum atomic E-state index is 12.2. The van der Waals surface area contributed by atoms with Crippen LogP contribution in [0.2, 0.25) is 10.0 Å². The molecule has 0 bridgehead atoms. The molecule has 2 aromatic carbocycles. The van der Waals surface area contributed by atoms with E-state index in [1.54, 1.807) is 30.3 Å². The molecule has 0 saturated heterocycles. The van der Waals surface area contributed by atoms with E-state index in [0.717, 1.165) is 0 Å². The molecule has 0 heterocycles. The number of aliphatic imine (C=N–C) groups is 1. The van der Waals surface area contributed by atoms with E-state index in [1.165, 1.54) is 18.5 Å². The quantitative estimate of drug-likeness (QED) is 0.169. The Labute approximate surface area is 182 Å². The van der Waals surface area contributed by atoms with E-state index in [0.29, 0.717) is 16.3 Å². The van der Waals surface area contributed by atoms with Gasteiger partial charge in [0.25, 0.3) is 5.91 Å². The second-order valence-electron chi connectivity index (χ2n) is 6.07. The van der Waals surface area contributed by atoms with Gasteiger partial charge in [-0.2, -0.15) is 0 Å². The molecular formula is C19H19Cl2N5O4. The third-order valence-corrected chi connectivity index (χ3v) is 4.60. The second kappa shape index (κ2) is 11.1. The molecule has 11 heteroatoms. The summed E-state index contributed by atoms with van der Waals surface area (Å²) in [6, 6.07) is 9.83. The molecule has 0 aliphatic heterocycles. The zero-order valence-corrected chi connectivity index (χ0v) is 17.1. The van der Waals surface area contributed by atoms with Crippen LogP contribution in [0.4, 0.5) is 5.69 Å². The number of carbonyl (C=O) groups is 3. The third kappa shape index (κ3) is 7.03. The number of halogens is 2. The van der Waals surface area contributed by atoms with Crippen molar-refractivity contribution in [2.45, 2.75) is 12.5 Å². The highest BCUT2D eigenvalue weighted by molar-refractivity contribution is 6.42. The van der Waals surface area contributed by atoms with Crippen molar-refractivity contribution in [2.24, 2.45) is 10.8 Å². The van der Waals surface area contributed by atoms with Crippen molar-refractivity contribution in [3.8, 4) is 0 Å². The highest BCUT2D eigenvalue weighted by Crippen LogP contribution is 2.23. The molecule has 0 aliphatic carbocycles. The predicted molar refractivity (Wildman–Crippen MR) is 114 cm³/mol. The van der Waals surface area contributed by atoms with Crippen LogP contribution in [-0.2, 0) is 16.0 Å². The molecule has 0 radical (unpaired) electrons. The van der Waals surface area contributed by atoms with E-state index in [-0.39, 0.29) is 17.0 Å². The van der Waals surface area contributed by atoms with E-state index < -0.39 is 30.4 Å². The second-order valence-corrected chi connectivity index (χ2v) is 6.88. The van der Waals surface area contributed by atoms with E-state index in [1.807, 2.05) is 0 Å². The first kappa shape index (κ1) is 23.1. The Morgan fingerprint density at radius 1 is 1.13 bits per heavy atom. The molecule has 0 fully saturated rings. The molecule has 0 saturated carbocycles. The van der Waals surface area contributed by atoms with Gasteiger partial charge >= 0.3 is 5.97 Å². The minimum atomic E-state index is -1.22. The van der Waals surface area contributed by atoms with Gasteiger partial charge in [-0.15, -0.1) is 0 Å². The van der Waals surface area contributed by atoms with Gasteiger partial charge in [-0.25, -0.2) is 15.6 Å². The van der Waals surface area contributed by atoms with Gasteiger partial charge in [0, 0.05) is 12.0 Å². The fourth-order valence-corrected chi connectivity index (χ4v) is 2.77. The molecule has 0 aromatic heterocycles. The summed E-state index contributed by atoms with van der Waals surface area (Å²) in [5.74, 6) is 2.71. The van der Waals surface area contributed by atoms with Gasteiger partial charge < -0.3 is 21.2 Å². The van der Waals surface area contributed by atoms with Crippen LogP contribution < -0.4 is 21.9 Å². The molecular weight excluding hydrogens is 433 g/mol. The van der Waals surface area contributed by atoms with Gasteiger partial charge in [0.15, 0.2) is 0 Å². The predicted octanol–water partition coefficient (Wildman–Crippen LogP) is 1.66. The Morgan fingerprint density at radius 3 is 2.57 bits per heavy atom. The maximum Gasteiger partial charge on any atom is 0.326 e. The Hall–Kier alpha value is -3.14. The molecule has 1 unspecified atom stereocenters. The third-order valence-electron chi connectivity index (χ3n) is 3.86. The highest BCUT2D eigenvalue weighted by Gasteiger charge is 2.21. The number of carbonyl (C=O) groups excluding carboxylic acids is 2. The smallest absolute Gasteiger partial charge is 0.326 e. The fraction of sp³-hybridized carbons (Fsp3) is 0.158. The van der Waals surface area contributed by atoms with Gasteiger partial charge in [-0.3, -0.25) is 9.59 Å². The Kier molecular flexibility index (Phi) is 8.60. The van der Waals surface area contributed by atoms with Crippen LogP contribution in [0.1, 0.15) is 15.9 Å². The number of carboxylic acids is 1. The number of amides is 2. The van der Waals surface area contributed by atoms with E-state index in [2.05, 4.69) is 21.1 Å². The number of nitrogens with two attached hydrogens (primary N) is 1. The van der Waals surface area contributed by atoms with Crippen LogP contribution in [0.25, 0.3) is 0 Å². The maximum absolute atomic E-state index is 12.2. The lowest BCUT2D eigenvalue weighted by molar-refractivity contribution is -0.141. The lowest BCUT2D eigenvalue weighted by Gasteiger charge is -2.15. The number of rotatable bonds is 9. The lowest BCUT2D eigenvalue weighted by Crippen LogP contribution is -2.46. The van der Waals surface area contributed by atoms with Crippen LogP contribution in [0, 0.1) is 0 Å². The number of benzene rings is 2. The molecule has 2 aromatic rings. The monoisotopic (exact) mass is 451 g/mol. The summed E-state index contributed by atoms with van der Waals surface area (Å²) in [7, 11) is 0. The summed E-state index contributed by atoms with van der Waals surface area (Å²) in [5, 5.41) is 14.8. The Balaban J connectivity index is 1.94. The topological polar surface area (TPSA) is 146 Å². The Bertz CT molecular complexity index is 968. The van der Waals surface area contributed by atoms with Crippen molar-refractivity contribution in [3.63, 3.8) is 0 Å².